The first-order valence-electron chi connectivity index (χ1n) is 9.06. The molecule has 0 radical (unpaired) electrons. The molecule has 4 rings (SSSR count). The van der Waals surface area contributed by atoms with E-state index in [1.807, 2.05) is 29.8 Å². The van der Waals surface area contributed by atoms with Crippen LogP contribution in [0.25, 0.3) is 11.6 Å². The highest BCUT2D eigenvalue weighted by Gasteiger charge is 2.38. The van der Waals surface area contributed by atoms with E-state index in [1.54, 1.807) is 6.26 Å². The fraction of sp³-hybridized carbons (Fsp3) is 0.350. The number of carbonyl (C=O) groups excluding carboxylic acids is 1. The molecule has 6 nitrogen and oxygen atoms in total. The van der Waals surface area contributed by atoms with Crippen LogP contribution in [-0.2, 0) is 17.3 Å². The number of benzene rings is 1. The summed E-state index contributed by atoms with van der Waals surface area (Å²) in [6.45, 7) is 0.687. The van der Waals surface area contributed by atoms with Gasteiger partial charge in [0.05, 0.1) is 12.0 Å². The smallest absolute Gasteiger partial charge is 0.230 e. The second-order valence-corrected chi connectivity index (χ2v) is 7.85. The van der Waals surface area contributed by atoms with Gasteiger partial charge in [-0.25, -0.2) is 0 Å². The van der Waals surface area contributed by atoms with Crippen molar-refractivity contribution in [2.45, 2.75) is 29.8 Å². The maximum Gasteiger partial charge on any atom is 0.230 e. The van der Waals surface area contributed by atoms with Crippen LogP contribution in [0.2, 0.25) is 0 Å². The van der Waals surface area contributed by atoms with Gasteiger partial charge in [-0.05, 0) is 30.5 Å². The molecule has 0 aliphatic heterocycles. The Morgan fingerprint density at radius 3 is 2.70 bits per heavy atom. The Bertz CT molecular complexity index is 901. The molecule has 1 aromatic carbocycles. The molecule has 1 aliphatic rings. The van der Waals surface area contributed by atoms with E-state index in [-0.39, 0.29) is 11.3 Å². The van der Waals surface area contributed by atoms with Gasteiger partial charge in [0, 0.05) is 19.0 Å². The molecule has 0 saturated heterocycles. The van der Waals surface area contributed by atoms with Crippen LogP contribution in [0.5, 0.6) is 0 Å². The summed E-state index contributed by atoms with van der Waals surface area (Å²) in [5.41, 5.74) is 1.42. The minimum absolute atomic E-state index is 0.0183. The Kier molecular flexibility index (Phi) is 5.03. The van der Waals surface area contributed by atoms with E-state index in [4.69, 9.17) is 4.42 Å². The van der Waals surface area contributed by atoms with Crippen molar-refractivity contribution in [2.24, 2.45) is 7.05 Å². The number of carbonyl (C=O) groups is 1. The van der Waals surface area contributed by atoms with Crippen molar-refractivity contribution >= 4 is 17.7 Å². The highest BCUT2D eigenvalue weighted by atomic mass is 32.2. The molecule has 1 N–H and O–H groups in total. The normalized spacial score (nSPS) is 15.3. The third-order valence-electron chi connectivity index (χ3n) is 5.23. The molecule has 27 heavy (non-hydrogen) atoms. The molecule has 1 amide bonds. The van der Waals surface area contributed by atoms with Gasteiger partial charge in [-0.3, -0.25) is 4.79 Å². The first kappa shape index (κ1) is 17.9. The van der Waals surface area contributed by atoms with Crippen molar-refractivity contribution in [3.63, 3.8) is 0 Å². The number of furan rings is 1. The third kappa shape index (κ3) is 3.64. The van der Waals surface area contributed by atoms with E-state index >= 15 is 0 Å². The van der Waals surface area contributed by atoms with E-state index in [1.165, 1.54) is 23.7 Å². The average molecular weight is 382 g/mol. The maximum absolute atomic E-state index is 12.4. The van der Waals surface area contributed by atoms with E-state index < -0.39 is 0 Å². The zero-order chi connectivity index (χ0) is 18.7. The molecule has 0 unspecified atom stereocenters. The largest absolute Gasteiger partial charge is 0.461 e. The van der Waals surface area contributed by atoms with E-state index in [2.05, 4.69) is 39.8 Å². The fourth-order valence-corrected chi connectivity index (χ4v) is 4.21. The number of aromatic nitrogens is 3. The lowest BCUT2D eigenvalue weighted by Crippen LogP contribution is -2.46. The van der Waals surface area contributed by atoms with Crippen LogP contribution in [0.3, 0.4) is 0 Å². The Balaban J connectivity index is 1.33. The Labute approximate surface area is 162 Å². The quantitative estimate of drug-likeness (QED) is 0.634. The number of thioether (sulfide) groups is 1. The summed E-state index contributed by atoms with van der Waals surface area (Å²) in [5.74, 6) is 1.65. The molecule has 1 saturated carbocycles. The average Bonchev–Trinajstić information content (AvgIpc) is 3.30. The summed E-state index contributed by atoms with van der Waals surface area (Å²) in [6.07, 6.45) is 5.07. The molecule has 0 spiro atoms. The molecule has 1 aliphatic carbocycles. The van der Waals surface area contributed by atoms with Crippen molar-refractivity contribution in [2.75, 3.05) is 12.3 Å². The van der Waals surface area contributed by atoms with Gasteiger partial charge >= 0.3 is 0 Å². The van der Waals surface area contributed by atoms with Crippen LogP contribution >= 0.6 is 11.8 Å². The second kappa shape index (κ2) is 7.60. The van der Waals surface area contributed by atoms with Gasteiger partial charge in [-0.1, -0.05) is 48.5 Å². The number of rotatable bonds is 7. The van der Waals surface area contributed by atoms with Gasteiger partial charge in [0.15, 0.2) is 16.7 Å². The van der Waals surface area contributed by atoms with Crippen molar-refractivity contribution in [1.82, 2.24) is 20.1 Å². The molecular weight excluding hydrogens is 360 g/mol. The number of nitrogens with zero attached hydrogens (tertiary/aromatic N) is 3. The predicted octanol–water partition coefficient (Wildman–Crippen LogP) is 3.41. The summed E-state index contributed by atoms with van der Waals surface area (Å²) in [4.78, 5) is 12.4. The van der Waals surface area contributed by atoms with Crippen LogP contribution in [-0.4, -0.2) is 33.0 Å². The number of nitrogens with one attached hydrogen (secondary N) is 1. The minimum atomic E-state index is 0.0183. The van der Waals surface area contributed by atoms with E-state index in [0.717, 1.165) is 12.8 Å². The molecule has 2 heterocycles. The monoisotopic (exact) mass is 382 g/mol. The Hall–Kier alpha value is -2.54. The lowest BCUT2D eigenvalue weighted by atomic mass is 9.64. The number of hydrogen-bond acceptors (Lipinski definition) is 5. The van der Waals surface area contributed by atoms with E-state index in [9.17, 15) is 4.79 Å². The van der Waals surface area contributed by atoms with Crippen molar-refractivity contribution in [3.8, 4) is 11.6 Å². The first-order valence-corrected chi connectivity index (χ1v) is 10.0. The molecular formula is C20H22N4O2S. The van der Waals surface area contributed by atoms with Gasteiger partial charge in [0.1, 0.15) is 0 Å². The van der Waals surface area contributed by atoms with Crippen molar-refractivity contribution in [3.05, 3.63) is 54.3 Å². The van der Waals surface area contributed by atoms with Gasteiger partial charge in [0.2, 0.25) is 5.91 Å². The van der Waals surface area contributed by atoms with Gasteiger partial charge in [-0.2, -0.15) is 0 Å². The number of amides is 1. The Morgan fingerprint density at radius 2 is 2.04 bits per heavy atom. The molecule has 0 bridgehead atoms. The van der Waals surface area contributed by atoms with Crippen LogP contribution in [0.4, 0.5) is 0 Å². The van der Waals surface area contributed by atoms with E-state index in [0.29, 0.717) is 29.0 Å². The maximum atomic E-state index is 12.4. The van der Waals surface area contributed by atoms with Gasteiger partial charge in [-0.15, -0.1) is 10.2 Å². The van der Waals surface area contributed by atoms with Gasteiger partial charge < -0.3 is 14.3 Å². The van der Waals surface area contributed by atoms with Gasteiger partial charge in [0.25, 0.3) is 0 Å². The summed E-state index contributed by atoms with van der Waals surface area (Å²) in [5, 5.41) is 12.1. The standard InChI is InChI=1S/C20H22N4O2S/c1-24-18(16-9-5-12-26-16)22-23-19(24)27-13-17(25)21-14-20(10-6-11-20)15-7-3-2-4-8-15/h2-5,7-9,12H,6,10-11,13-14H2,1H3,(H,21,25). The van der Waals surface area contributed by atoms with Crippen LogP contribution in [0.1, 0.15) is 24.8 Å². The lowest BCUT2D eigenvalue weighted by molar-refractivity contribution is -0.119. The molecule has 2 aromatic heterocycles. The number of hydrogen-bond donors (Lipinski definition) is 1. The third-order valence-corrected chi connectivity index (χ3v) is 6.25. The predicted molar refractivity (Wildman–Crippen MR) is 104 cm³/mol. The summed E-state index contributed by atoms with van der Waals surface area (Å²) < 4.78 is 7.21. The van der Waals surface area contributed by atoms with Crippen LogP contribution < -0.4 is 5.32 Å². The highest BCUT2D eigenvalue weighted by molar-refractivity contribution is 7.99. The first-order chi connectivity index (χ1) is 13.2. The fourth-order valence-electron chi connectivity index (χ4n) is 3.47. The molecule has 1 fully saturated rings. The zero-order valence-corrected chi connectivity index (χ0v) is 16.0. The molecule has 7 heteroatoms. The summed E-state index contributed by atoms with van der Waals surface area (Å²) in [7, 11) is 1.87. The molecule has 140 valence electrons. The minimum Gasteiger partial charge on any atom is -0.461 e. The summed E-state index contributed by atoms with van der Waals surface area (Å²) >= 11 is 1.38. The topological polar surface area (TPSA) is 73.0 Å². The van der Waals surface area contributed by atoms with Crippen LogP contribution in [0, 0.1) is 0 Å². The van der Waals surface area contributed by atoms with Crippen LogP contribution in [0.15, 0.2) is 58.3 Å². The Morgan fingerprint density at radius 1 is 1.22 bits per heavy atom. The SMILES string of the molecule is Cn1c(SCC(=O)NCC2(c3ccccc3)CCC2)nnc1-c1ccco1. The molecule has 0 atom stereocenters. The lowest BCUT2D eigenvalue weighted by Gasteiger charge is -2.42. The highest BCUT2D eigenvalue weighted by Crippen LogP contribution is 2.43. The zero-order valence-electron chi connectivity index (χ0n) is 15.2. The summed E-state index contributed by atoms with van der Waals surface area (Å²) in [6, 6.07) is 14.1. The molecule has 3 aromatic rings. The second-order valence-electron chi connectivity index (χ2n) is 6.91. The van der Waals surface area contributed by atoms with Crippen molar-refractivity contribution in [1.29, 1.82) is 0 Å². The van der Waals surface area contributed by atoms with Crippen molar-refractivity contribution < 1.29 is 9.21 Å².